The maximum absolute atomic E-state index is 13.9. The SMILES string of the molecule is Fc1cccc2ncc(-c3ccc(CN4CCCC4)cn3)cc12. The second-order valence-electron chi connectivity index (χ2n) is 6.07. The molecule has 0 unspecified atom stereocenters. The van der Waals surface area contributed by atoms with Crippen molar-refractivity contribution in [2.24, 2.45) is 0 Å². The molecule has 4 rings (SSSR count). The molecule has 1 aliphatic heterocycles. The maximum Gasteiger partial charge on any atom is 0.132 e. The first-order chi connectivity index (χ1) is 11.3. The Balaban J connectivity index is 1.61. The Kier molecular flexibility index (Phi) is 3.75. The standard InChI is InChI=1S/C19H18FN3/c20-17-4-3-5-19-16(17)10-15(12-22-19)18-7-6-14(11-21-18)13-23-8-1-2-9-23/h3-7,10-12H,1-2,8-9,13H2. The van der Waals surface area contributed by atoms with Crippen LogP contribution in [0.5, 0.6) is 0 Å². The quantitative estimate of drug-likeness (QED) is 0.731. The van der Waals surface area contributed by atoms with Gasteiger partial charge in [0.1, 0.15) is 5.82 Å². The minimum absolute atomic E-state index is 0.248. The van der Waals surface area contributed by atoms with Gasteiger partial charge in [-0.2, -0.15) is 0 Å². The third-order valence-electron chi connectivity index (χ3n) is 4.40. The number of hydrogen-bond acceptors (Lipinski definition) is 3. The summed E-state index contributed by atoms with van der Waals surface area (Å²) in [6.07, 6.45) is 6.25. The highest BCUT2D eigenvalue weighted by Gasteiger charge is 2.12. The van der Waals surface area contributed by atoms with E-state index in [0.29, 0.717) is 10.9 Å². The molecule has 0 N–H and O–H groups in total. The third kappa shape index (κ3) is 2.94. The maximum atomic E-state index is 13.9. The van der Waals surface area contributed by atoms with Gasteiger partial charge in [0.15, 0.2) is 0 Å². The van der Waals surface area contributed by atoms with Gasteiger partial charge in [-0.25, -0.2) is 4.39 Å². The number of pyridine rings is 2. The topological polar surface area (TPSA) is 29.0 Å². The van der Waals surface area contributed by atoms with Gasteiger partial charge >= 0.3 is 0 Å². The highest BCUT2D eigenvalue weighted by molar-refractivity contribution is 5.83. The van der Waals surface area contributed by atoms with E-state index in [1.807, 2.05) is 24.4 Å². The zero-order valence-electron chi connectivity index (χ0n) is 12.9. The lowest BCUT2D eigenvalue weighted by molar-refractivity contribution is 0.331. The first-order valence-corrected chi connectivity index (χ1v) is 8.01. The van der Waals surface area contributed by atoms with Crippen LogP contribution in [0, 0.1) is 5.82 Å². The molecule has 3 heterocycles. The number of nitrogens with zero attached hydrogens (tertiary/aromatic N) is 3. The monoisotopic (exact) mass is 307 g/mol. The summed E-state index contributed by atoms with van der Waals surface area (Å²) in [5, 5.41) is 0.535. The Labute approximate surface area is 134 Å². The van der Waals surface area contributed by atoms with Crippen LogP contribution in [-0.2, 0) is 6.54 Å². The van der Waals surface area contributed by atoms with Crippen molar-refractivity contribution in [2.45, 2.75) is 19.4 Å². The lowest BCUT2D eigenvalue weighted by Crippen LogP contribution is -2.18. The van der Waals surface area contributed by atoms with Gasteiger partial charge in [0, 0.05) is 29.9 Å². The lowest BCUT2D eigenvalue weighted by atomic mass is 10.1. The lowest BCUT2D eigenvalue weighted by Gasteiger charge is -2.14. The van der Waals surface area contributed by atoms with E-state index in [4.69, 9.17) is 0 Å². The zero-order chi connectivity index (χ0) is 15.6. The molecule has 23 heavy (non-hydrogen) atoms. The van der Waals surface area contributed by atoms with Gasteiger partial charge in [-0.05, 0) is 55.8 Å². The Morgan fingerprint density at radius 2 is 1.87 bits per heavy atom. The molecule has 3 nitrogen and oxygen atoms in total. The Hall–Kier alpha value is -2.33. The second kappa shape index (κ2) is 6.05. The van der Waals surface area contributed by atoms with E-state index < -0.39 is 0 Å². The molecule has 0 radical (unpaired) electrons. The predicted octanol–water partition coefficient (Wildman–Crippen LogP) is 4.03. The molecular weight excluding hydrogens is 289 g/mol. The summed E-state index contributed by atoms with van der Waals surface area (Å²) in [5.74, 6) is -0.248. The molecule has 4 heteroatoms. The average molecular weight is 307 g/mol. The fourth-order valence-corrected chi connectivity index (χ4v) is 3.14. The highest BCUT2D eigenvalue weighted by Crippen LogP contribution is 2.23. The van der Waals surface area contributed by atoms with Crippen molar-refractivity contribution in [1.29, 1.82) is 0 Å². The molecular formula is C19H18FN3. The Morgan fingerprint density at radius 3 is 2.65 bits per heavy atom. The normalized spacial score (nSPS) is 15.3. The van der Waals surface area contributed by atoms with Gasteiger partial charge in [-0.15, -0.1) is 0 Å². The van der Waals surface area contributed by atoms with Crippen LogP contribution in [-0.4, -0.2) is 28.0 Å². The van der Waals surface area contributed by atoms with Crippen molar-refractivity contribution in [3.05, 3.63) is 60.2 Å². The number of rotatable bonds is 3. The third-order valence-corrected chi connectivity index (χ3v) is 4.40. The van der Waals surface area contributed by atoms with Crippen molar-refractivity contribution in [1.82, 2.24) is 14.9 Å². The van der Waals surface area contributed by atoms with Crippen LogP contribution in [0.1, 0.15) is 18.4 Å². The first-order valence-electron chi connectivity index (χ1n) is 8.01. The van der Waals surface area contributed by atoms with Crippen LogP contribution in [0.2, 0.25) is 0 Å². The minimum Gasteiger partial charge on any atom is -0.299 e. The van der Waals surface area contributed by atoms with Crippen molar-refractivity contribution < 1.29 is 4.39 Å². The van der Waals surface area contributed by atoms with Crippen molar-refractivity contribution in [3.63, 3.8) is 0 Å². The fourth-order valence-electron chi connectivity index (χ4n) is 3.14. The first kappa shape index (κ1) is 14.3. The Bertz CT molecular complexity index is 824. The van der Waals surface area contributed by atoms with E-state index in [-0.39, 0.29) is 5.82 Å². The van der Waals surface area contributed by atoms with Gasteiger partial charge in [-0.3, -0.25) is 14.9 Å². The van der Waals surface area contributed by atoms with E-state index in [0.717, 1.165) is 17.8 Å². The molecule has 1 fully saturated rings. The summed E-state index contributed by atoms with van der Waals surface area (Å²) in [5.41, 5.74) is 3.55. The number of hydrogen-bond donors (Lipinski definition) is 0. The molecule has 1 aliphatic rings. The predicted molar refractivity (Wildman–Crippen MR) is 89.4 cm³/mol. The number of halogens is 1. The number of benzene rings is 1. The van der Waals surface area contributed by atoms with Crippen LogP contribution >= 0.6 is 0 Å². The average Bonchev–Trinajstić information content (AvgIpc) is 3.09. The molecule has 0 atom stereocenters. The van der Waals surface area contributed by atoms with E-state index in [2.05, 4.69) is 20.9 Å². The highest BCUT2D eigenvalue weighted by atomic mass is 19.1. The molecule has 1 aromatic carbocycles. The van der Waals surface area contributed by atoms with E-state index in [1.165, 1.54) is 37.6 Å². The number of aromatic nitrogens is 2. The van der Waals surface area contributed by atoms with Gasteiger partial charge in [0.05, 0.1) is 11.2 Å². The van der Waals surface area contributed by atoms with Gasteiger partial charge in [-0.1, -0.05) is 12.1 Å². The molecule has 0 amide bonds. The van der Waals surface area contributed by atoms with Gasteiger partial charge in [0.25, 0.3) is 0 Å². The zero-order valence-corrected chi connectivity index (χ0v) is 12.9. The Morgan fingerprint density at radius 1 is 1.00 bits per heavy atom. The van der Waals surface area contributed by atoms with E-state index >= 15 is 0 Å². The fraction of sp³-hybridized carbons (Fsp3) is 0.263. The summed E-state index contributed by atoms with van der Waals surface area (Å²) >= 11 is 0. The minimum atomic E-state index is -0.248. The number of likely N-dealkylation sites (tertiary alicyclic amines) is 1. The van der Waals surface area contributed by atoms with Crippen molar-refractivity contribution in [3.8, 4) is 11.3 Å². The summed E-state index contributed by atoms with van der Waals surface area (Å²) in [7, 11) is 0. The molecule has 1 saturated heterocycles. The molecule has 3 aromatic rings. The largest absolute Gasteiger partial charge is 0.299 e. The van der Waals surface area contributed by atoms with Crippen LogP contribution in [0.25, 0.3) is 22.2 Å². The van der Waals surface area contributed by atoms with Crippen LogP contribution < -0.4 is 0 Å². The molecule has 0 bridgehead atoms. The molecule has 2 aromatic heterocycles. The number of fused-ring (bicyclic) bond motifs is 1. The molecule has 0 aliphatic carbocycles. The second-order valence-corrected chi connectivity index (χ2v) is 6.07. The van der Waals surface area contributed by atoms with Crippen molar-refractivity contribution >= 4 is 10.9 Å². The smallest absolute Gasteiger partial charge is 0.132 e. The van der Waals surface area contributed by atoms with Crippen LogP contribution in [0.3, 0.4) is 0 Å². The molecule has 0 spiro atoms. The van der Waals surface area contributed by atoms with Gasteiger partial charge < -0.3 is 0 Å². The van der Waals surface area contributed by atoms with Crippen molar-refractivity contribution in [2.75, 3.05) is 13.1 Å². The van der Waals surface area contributed by atoms with Crippen LogP contribution in [0.15, 0.2) is 48.8 Å². The summed E-state index contributed by atoms with van der Waals surface area (Å²) in [4.78, 5) is 11.3. The molecule has 116 valence electrons. The summed E-state index contributed by atoms with van der Waals surface area (Å²) < 4.78 is 13.9. The summed E-state index contributed by atoms with van der Waals surface area (Å²) in [6.45, 7) is 3.31. The van der Waals surface area contributed by atoms with Crippen LogP contribution in [0.4, 0.5) is 4.39 Å². The van der Waals surface area contributed by atoms with E-state index in [1.54, 1.807) is 12.3 Å². The summed E-state index contributed by atoms with van der Waals surface area (Å²) in [6, 6.07) is 10.9. The van der Waals surface area contributed by atoms with Gasteiger partial charge in [0.2, 0.25) is 0 Å². The molecule has 0 saturated carbocycles. The van der Waals surface area contributed by atoms with E-state index in [9.17, 15) is 4.39 Å².